The molecule has 0 spiro atoms. The Morgan fingerprint density at radius 3 is 2.17 bits per heavy atom. The second-order valence-corrected chi connectivity index (χ2v) is 4.20. The molecule has 2 N–H and O–H groups in total. The highest BCUT2D eigenvalue weighted by molar-refractivity contribution is 5.86. The van der Waals surface area contributed by atoms with Gasteiger partial charge in [-0.1, -0.05) is 12.1 Å². The van der Waals surface area contributed by atoms with Gasteiger partial charge in [0.05, 0.1) is 6.04 Å². The number of rotatable bonds is 4. The summed E-state index contributed by atoms with van der Waals surface area (Å²) >= 11 is 0. The SMILES string of the molecule is CC(=O)NC(C)C(=O)NC(C)c1ccc(F)cc1. The molecule has 0 radical (unpaired) electrons. The molecule has 0 aromatic heterocycles. The highest BCUT2D eigenvalue weighted by Crippen LogP contribution is 2.12. The monoisotopic (exact) mass is 252 g/mol. The molecule has 0 saturated heterocycles. The topological polar surface area (TPSA) is 58.2 Å². The number of hydrogen-bond acceptors (Lipinski definition) is 2. The van der Waals surface area contributed by atoms with Crippen molar-refractivity contribution in [3.8, 4) is 0 Å². The number of nitrogens with one attached hydrogen (secondary N) is 2. The molecule has 1 aromatic carbocycles. The van der Waals surface area contributed by atoms with Crippen LogP contribution in [-0.4, -0.2) is 17.9 Å². The molecule has 18 heavy (non-hydrogen) atoms. The van der Waals surface area contributed by atoms with E-state index in [0.717, 1.165) is 5.56 Å². The minimum absolute atomic E-state index is 0.241. The summed E-state index contributed by atoms with van der Waals surface area (Å²) in [5.74, 6) is -0.849. The lowest BCUT2D eigenvalue weighted by Gasteiger charge is -2.18. The molecule has 0 aliphatic carbocycles. The van der Waals surface area contributed by atoms with E-state index < -0.39 is 6.04 Å². The average Bonchev–Trinajstić information content (AvgIpc) is 2.28. The second-order valence-electron chi connectivity index (χ2n) is 4.20. The molecule has 2 unspecified atom stereocenters. The van der Waals surface area contributed by atoms with Gasteiger partial charge in [0, 0.05) is 6.92 Å². The second kappa shape index (κ2) is 6.14. The van der Waals surface area contributed by atoms with E-state index in [1.165, 1.54) is 19.1 Å². The molecular weight excluding hydrogens is 235 g/mol. The van der Waals surface area contributed by atoms with Gasteiger partial charge in [-0.05, 0) is 31.5 Å². The van der Waals surface area contributed by atoms with Crippen LogP contribution in [-0.2, 0) is 9.59 Å². The van der Waals surface area contributed by atoms with E-state index in [-0.39, 0.29) is 23.7 Å². The highest BCUT2D eigenvalue weighted by Gasteiger charge is 2.16. The normalized spacial score (nSPS) is 13.6. The van der Waals surface area contributed by atoms with Crippen molar-refractivity contribution in [1.29, 1.82) is 0 Å². The molecule has 0 saturated carbocycles. The fourth-order valence-electron chi connectivity index (χ4n) is 1.54. The maximum Gasteiger partial charge on any atom is 0.242 e. The third-order valence-corrected chi connectivity index (χ3v) is 2.54. The number of carbonyl (C=O) groups is 2. The molecule has 2 amide bonds. The van der Waals surface area contributed by atoms with Gasteiger partial charge in [0.2, 0.25) is 11.8 Å². The molecule has 5 heteroatoms. The van der Waals surface area contributed by atoms with Crippen LogP contribution >= 0.6 is 0 Å². The fraction of sp³-hybridized carbons (Fsp3) is 0.385. The van der Waals surface area contributed by atoms with E-state index in [1.807, 2.05) is 0 Å². The Balaban J connectivity index is 2.59. The molecule has 0 heterocycles. The third-order valence-electron chi connectivity index (χ3n) is 2.54. The molecule has 0 bridgehead atoms. The van der Waals surface area contributed by atoms with Gasteiger partial charge in [0.25, 0.3) is 0 Å². The Labute approximate surface area is 106 Å². The van der Waals surface area contributed by atoms with Crippen LogP contribution < -0.4 is 10.6 Å². The largest absolute Gasteiger partial charge is 0.348 e. The number of hydrogen-bond donors (Lipinski definition) is 2. The van der Waals surface area contributed by atoms with E-state index >= 15 is 0 Å². The number of amides is 2. The van der Waals surface area contributed by atoms with Gasteiger partial charge in [0.15, 0.2) is 0 Å². The fourth-order valence-corrected chi connectivity index (χ4v) is 1.54. The summed E-state index contributed by atoms with van der Waals surface area (Å²) in [5, 5.41) is 5.24. The van der Waals surface area contributed by atoms with Crippen molar-refractivity contribution in [3.63, 3.8) is 0 Å². The van der Waals surface area contributed by atoms with E-state index in [4.69, 9.17) is 0 Å². The molecule has 0 aliphatic heterocycles. The minimum atomic E-state index is -0.592. The molecule has 4 nitrogen and oxygen atoms in total. The first kappa shape index (κ1) is 14.2. The summed E-state index contributed by atoms with van der Waals surface area (Å²) < 4.78 is 12.7. The molecule has 1 aromatic rings. The zero-order valence-electron chi connectivity index (χ0n) is 10.7. The number of carbonyl (C=O) groups excluding carboxylic acids is 2. The van der Waals surface area contributed by atoms with Crippen LogP contribution in [0, 0.1) is 5.82 Å². The van der Waals surface area contributed by atoms with Crippen LogP contribution in [0.25, 0.3) is 0 Å². The predicted octanol–water partition coefficient (Wildman–Crippen LogP) is 1.53. The van der Waals surface area contributed by atoms with Gasteiger partial charge in [-0.15, -0.1) is 0 Å². The standard InChI is InChI=1S/C13H17FN2O2/c1-8(11-4-6-12(14)7-5-11)16-13(18)9(2)15-10(3)17/h4-9H,1-3H3,(H,15,17)(H,16,18). The Morgan fingerprint density at radius 1 is 1.11 bits per heavy atom. The average molecular weight is 252 g/mol. The zero-order chi connectivity index (χ0) is 13.7. The number of halogens is 1. The lowest BCUT2D eigenvalue weighted by atomic mass is 10.1. The van der Waals surface area contributed by atoms with Crippen LogP contribution in [0.15, 0.2) is 24.3 Å². The Kier molecular flexibility index (Phi) is 4.83. The van der Waals surface area contributed by atoms with Crippen LogP contribution in [0.1, 0.15) is 32.4 Å². The van der Waals surface area contributed by atoms with Gasteiger partial charge in [-0.2, -0.15) is 0 Å². The third kappa shape index (κ3) is 4.16. The summed E-state index contributed by atoms with van der Waals surface area (Å²) in [4.78, 5) is 22.5. The van der Waals surface area contributed by atoms with Crippen molar-refractivity contribution in [2.24, 2.45) is 0 Å². The van der Waals surface area contributed by atoms with Crippen LogP contribution in [0.3, 0.4) is 0 Å². The van der Waals surface area contributed by atoms with Gasteiger partial charge in [0.1, 0.15) is 11.9 Å². The van der Waals surface area contributed by atoms with Gasteiger partial charge >= 0.3 is 0 Å². The van der Waals surface area contributed by atoms with Crippen molar-refractivity contribution < 1.29 is 14.0 Å². The summed E-state index contributed by atoms with van der Waals surface area (Å²) in [6.45, 7) is 4.76. The van der Waals surface area contributed by atoms with Gasteiger partial charge in [-0.25, -0.2) is 4.39 Å². The summed E-state index contributed by atoms with van der Waals surface area (Å²) in [5.41, 5.74) is 0.805. The lowest BCUT2D eigenvalue weighted by molar-refractivity contribution is -0.128. The highest BCUT2D eigenvalue weighted by atomic mass is 19.1. The first-order chi connectivity index (χ1) is 8.40. The quantitative estimate of drug-likeness (QED) is 0.853. The first-order valence-electron chi connectivity index (χ1n) is 5.73. The van der Waals surface area contributed by atoms with Crippen LogP contribution in [0.4, 0.5) is 4.39 Å². The van der Waals surface area contributed by atoms with Crippen molar-refractivity contribution in [2.75, 3.05) is 0 Å². The van der Waals surface area contributed by atoms with Crippen molar-refractivity contribution >= 4 is 11.8 Å². The Bertz CT molecular complexity index is 431. The van der Waals surface area contributed by atoms with Crippen LogP contribution in [0.5, 0.6) is 0 Å². The maximum absolute atomic E-state index is 12.7. The zero-order valence-corrected chi connectivity index (χ0v) is 10.7. The van der Waals surface area contributed by atoms with E-state index in [1.54, 1.807) is 26.0 Å². The Morgan fingerprint density at radius 2 is 1.67 bits per heavy atom. The molecular formula is C13H17FN2O2. The maximum atomic E-state index is 12.7. The van der Waals surface area contributed by atoms with E-state index in [9.17, 15) is 14.0 Å². The number of benzene rings is 1. The molecule has 0 fully saturated rings. The molecule has 1 rings (SSSR count). The summed E-state index contributed by atoms with van der Waals surface area (Å²) in [6, 6.07) is 5.08. The first-order valence-corrected chi connectivity index (χ1v) is 5.73. The van der Waals surface area contributed by atoms with Crippen molar-refractivity contribution in [3.05, 3.63) is 35.6 Å². The molecule has 0 aliphatic rings. The minimum Gasteiger partial charge on any atom is -0.348 e. The van der Waals surface area contributed by atoms with E-state index in [0.29, 0.717) is 0 Å². The predicted molar refractivity (Wildman–Crippen MR) is 66.2 cm³/mol. The smallest absolute Gasteiger partial charge is 0.242 e. The lowest BCUT2D eigenvalue weighted by Crippen LogP contribution is -2.44. The van der Waals surface area contributed by atoms with Gasteiger partial charge in [-0.3, -0.25) is 9.59 Å². The van der Waals surface area contributed by atoms with Crippen molar-refractivity contribution in [2.45, 2.75) is 32.9 Å². The summed E-state index contributed by atoms with van der Waals surface area (Å²) in [6.07, 6.45) is 0. The summed E-state index contributed by atoms with van der Waals surface area (Å²) in [7, 11) is 0. The van der Waals surface area contributed by atoms with Gasteiger partial charge < -0.3 is 10.6 Å². The Hall–Kier alpha value is -1.91. The molecule has 98 valence electrons. The molecule has 2 atom stereocenters. The van der Waals surface area contributed by atoms with Crippen LogP contribution in [0.2, 0.25) is 0 Å². The van der Waals surface area contributed by atoms with Crippen molar-refractivity contribution in [1.82, 2.24) is 10.6 Å². The van der Waals surface area contributed by atoms with E-state index in [2.05, 4.69) is 10.6 Å².